The van der Waals surface area contributed by atoms with Crippen molar-refractivity contribution in [2.75, 3.05) is 0 Å². The number of aliphatic hydroxyl groups is 1. The number of rotatable bonds is 5. The number of nitrogens with one attached hydrogen (secondary N) is 1. The third kappa shape index (κ3) is 4.07. The number of carbonyl (C=O) groups is 1. The van der Waals surface area contributed by atoms with Gasteiger partial charge in [0.2, 0.25) is 5.91 Å². The first-order chi connectivity index (χ1) is 10.5. The largest absolute Gasteiger partial charge is 0.373 e. The van der Waals surface area contributed by atoms with E-state index in [1.54, 1.807) is 12.4 Å². The van der Waals surface area contributed by atoms with Crippen LogP contribution in [-0.2, 0) is 4.79 Å². The van der Waals surface area contributed by atoms with Crippen molar-refractivity contribution in [1.29, 1.82) is 0 Å². The van der Waals surface area contributed by atoms with Gasteiger partial charge in [0, 0.05) is 24.2 Å². The van der Waals surface area contributed by atoms with Gasteiger partial charge in [-0.05, 0) is 42.9 Å². The molecule has 0 saturated heterocycles. The second-order valence-electron chi connectivity index (χ2n) is 6.79. The van der Waals surface area contributed by atoms with E-state index in [4.69, 9.17) is 0 Å². The van der Waals surface area contributed by atoms with Crippen molar-refractivity contribution in [3.8, 4) is 0 Å². The number of hydrogen-bond acceptors (Lipinski definition) is 3. The normalized spacial score (nSPS) is 19.0. The van der Waals surface area contributed by atoms with Crippen molar-refractivity contribution < 1.29 is 9.90 Å². The Morgan fingerprint density at radius 1 is 1.32 bits per heavy atom. The van der Waals surface area contributed by atoms with Crippen LogP contribution in [0.25, 0.3) is 0 Å². The van der Waals surface area contributed by atoms with Crippen molar-refractivity contribution in [3.05, 3.63) is 29.6 Å². The van der Waals surface area contributed by atoms with E-state index in [0.717, 1.165) is 36.8 Å². The van der Waals surface area contributed by atoms with Crippen LogP contribution in [0.5, 0.6) is 0 Å². The second kappa shape index (κ2) is 7.73. The molecule has 2 N–H and O–H groups in total. The van der Waals surface area contributed by atoms with Crippen LogP contribution in [-0.4, -0.2) is 22.2 Å². The van der Waals surface area contributed by atoms with Crippen molar-refractivity contribution in [2.24, 2.45) is 11.8 Å². The lowest BCUT2D eigenvalue weighted by atomic mass is 9.84. The van der Waals surface area contributed by atoms with E-state index in [2.05, 4.69) is 24.1 Å². The molecule has 2 atom stereocenters. The van der Waals surface area contributed by atoms with Crippen LogP contribution in [0.3, 0.4) is 0 Å². The Balaban J connectivity index is 2.08. The van der Waals surface area contributed by atoms with Crippen LogP contribution in [0.2, 0.25) is 0 Å². The summed E-state index contributed by atoms with van der Waals surface area (Å²) in [6, 6.07) is 1.94. The van der Waals surface area contributed by atoms with Crippen LogP contribution in [0.4, 0.5) is 0 Å². The van der Waals surface area contributed by atoms with Crippen LogP contribution in [0.15, 0.2) is 18.5 Å². The molecule has 2 rings (SSSR count). The molecule has 1 heterocycles. The number of carbonyl (C=O) groups excluding carboxylic acids is 1. The molecule has 1 aromatic rings. The zero-order valence-electron chi connectivity index (χ0n) is 13.9. The highest BCUT2D eigenvalue weighted by atomic mass is 16.3. The number of aromatic nitrogens is 1. The van der Waals surface area contributed by atoms with Crippen molar-refractivity contribution in [2.45, 2.75) is 65.0 Å². The highest BCUT2D eigenvalue weighted by molar-refractivity contribution is 5.79. The minimum atomic E-state index is -0.851. The van der Waals surface area contributed by atoms with E-state index in [-0.39, 0.29) is 23.7 Å². The van der Waals surface area contributed by atoms with Gasteiger partial charge >= 0.3 is 0 Å². The minimum Gasteiger partial charge on any atom is -0.373 e. The molecule has 1 aromatic heterocycles. The monoisotopic (exact) mass is 304 g/mol. The molecular formula is C18H28N2O2. The Morgan fingerprint density at radius 3 is 2.59 bits per heavy atom. The molecule has 122 valence electrons. The van der Waals surface area contributed by atoms with Gasteiger partial charge in [-0.2, -0.15) is 0 Å². The average molecular weight is 304 g/mol. The maximum Gasteiger partial charge on any atom is 0.225 e. The standard InChI is InChI=1S/C18H28N2O2/c1-12(2)16(15-9-10-19-11-13(15)3)18(22)20-17(21)14-7-5-4-6-8-14/h9-12,14,16,18,22H,4-8H2,1-3H3,(H,20,21). The van der Waals surface area contributed by atoms with Gasteiger partial charge in [0.1, 0.15) is 6.23 Å². The predicted molar refractivity (Wildman–Crippen MR) is 87.3 cm³/mol. The highest BCUT2D eigenvalue weighted by Gasteiger charge is 2.29. The Bertz CT molecular complexity index is 496. The Kier molecular flexibility index (Phi) is 5.95. The average Bonchev–Trinajstić information content (AvgIpc) is 2.50. The molecular weight excluding hydrogens is 276 g/mol. The van der Waals surface area contributed by atoms with Gasteiger partial charge in [-0.15, -0.1) is 0 Å². The summed E-state index contributed by atoms with van der Waals surface area (Å²) in [4.78, 5) is 16.5. The number of nitrogens with zero attached hydrogens (tertiary/aromatic N) is 1. The van der Waals surface area contributed by atoms with Crippen molar-refractivity contribution >= 4 is 5.91 Å². The number of aryl methyl sites for hydroxylation is 1. The molecule has 0 spiro atoms. The zero-order chi connectivity index (χ0) is 16.1. The maximum absolute atomic E-state index is 12.4. The van der Waals surface area contributed by atoms with E-state index in [0.29, 0.717) is 0 Å². The van der Waals surface area contributed by atoms with Gasteiger partial charge in [-0.3, -0.25) is 9.78 Å². The fourth-order valence-electron chi connectivity index (χ4n) is 3.47. The van der Waals surface area contributed by atoms with Gasteiger partial charge in [-0.25, -0.2) is 0 Å². The third-order valence-corrected chi connectivity index (χ3v) is 4.75. The number of hydrogen-bond donors (Lipinski definition) is 2. The molecule has 1 saturated carbocycles. The lowest BCUT2D eigenvalue weighted by Gasteiger charge is -2.30. The van der Waals surface area contributed by atoms with E-state index in [9.17, 15) is 9.90 Å². The van der Waals surface area contributed by atoms with Gasteiger partial charge in [0.25, 0.3) is 0 Å². The molecule has 4 heteroatoms. The zero-order valence-corrected chi connectivity index (χ0v) is 13.9. The third-order valence-electron chi connectivity index (χ3n) is 4.75. The summed E-state index contributed by atoms with van der Waals surface area (Å²) in [7, 11) is 0. The fourth-order valence-corrected chi connectivity index (χ4v) is 3.47. The molecule has 2 unspecified atom stereocenters. The van der Waals surface area contributed by atoms with Crippen LogP contribution < -0.4 is 5.32 Å². The smallest absolute Gasteiger partial charge is 0.225 e. The van der Waals surface area contributed by atoms with Gasteiger partial charge in [0.05, 0.1) is 0 Å². The molecule has 1 aliphatic rings. The first-order valence-electron chi connectivity index (χ1n) is 8.39. The molecule has 4 nitrogen and oxygen atoms in total. The lowest BCUT2D eigenvalue weighted by molar-refractivity contribution is -0.129. The van der Waals surface area contributed by atoms with Gasteiger partial charge in [-0.1, -0.05) is 33.1 Å². The molecule has 0 aliphatic heterocycles. The molecule has 1 fully saturated rings. The van der Waals surface area contributed by atoms with Gasteiger partial charge in [0.15, 0.2) is 0 Å². The molecule has 0 radical (unpaired) electrons. The minimum absolute atomic E-state index is 0.00422. The molecule has 22 heavy (non-hydrogen) atoms. The van der Waals surface area contributed by atoms with E-state index in [1.807, 2.05) is 13.0 Å². The Hall–Kier alpha value is -1.42. The molecule has 1 aliphatic carbocycles. The lowest BCUT2D eigenvalue weighted by Crippen LogP contribution is -2.44. The topological polar surface area (TPSA) is 62.2 Å². The summed E-state index contributed by atoms with van der Waals surface area (Å²) in [5.74, 6) is 0.178. The summed E-state index contributed by atoms with van der Waals surface area (Å²) < 4.78 is 0. The first kappa shape index (κ1) is 16.9. The van der Waals surface area contributed by atoms with Crippen molar-refractivity contribution in [3.63, 3.8) is 0 Å². The number of pyridine rings is 1. The number of amides is 1. The molecule has 0 aromatic carbocycles. The quantitative estimate of drug-likeness (QED) is 0.821. The number of aliphatic hydroxyl groups excluding tert-OH is 1. The van der Waals surface area contributed by atoms with E-state index >= 15 is 0 Å². The highest BCUT2D eigenvalue weighted by Crippen LogP contribution is 2.30. The summed E-state index contributed by atoms with van der Waals surface area (Å²) >= 11 is 0. The Labute approximate surface area is 133 Å². The first-order valence-corrected chi connectivity index (χ1v) is 8.39. The SMILES string of the molecule is Cc1cnccc1C(C(C)C)C(O)NC(=O)C1CCCCC1. The summed E-state index contributed by atoms with van der Waals surface area (Å²) in [6.45, 7) is 6.13. The Morgan fingerprint density at radius 2 is 2.00 bits per heavy atom. The van der Waals surface area contributed by atoms with Crippen LogP contribution in [0.1, 0.15) is 63.0 Å². The van der Waals surface area contributed by atoms with Crippen LogP contribution >= 0.6 is 0 Å². The second-order valence-corrected chi connectivity index (χ2v) is 6.79. The van der Waals surface area contributed by atoms with E-state index < -0.39 is 6.23 Å². The van der Waals surface area contributed by atoms with Gasteiger partial charge < -0.3 is 10.4 Å². The molecule has 1 amide bonds. The summed E-state index contributed by atoms with van der Waals surface area (Å²) in [5.41, 5.74) is 2.11. The predicted octanol–water partition coefficient (Wildman–Crippen LogP) is 3.14. The summed E-state index contributed by atoms with van der Waals surface area (Å²) in [6.07, 6.45) is 8.04. The van der Waals surface area contributed by atoms with E-state index in [1.165, 1.54) is 6.42 Å². The van der Waals surface area contributed by atoms with Crippen molar-refractivity contribution in [1.82, 2.24) is 10.3 Å². The molecule has 0 bridgehead atoms. The summed E-state index contributed by atoms with van der Waals surface area (Å²) in [5, 5.41) is 13.5. The maximum atomic E-state index is 12.4. The fraction of sp³-hybridized carbons (Fsp3) is 0.667. The van der Waals surface area contributed by atoms with Crippen LogP contribution in [0, 0.1) is 18.8 Å².